The van der Waals surface area contributed by atoms with Crippen molar-refractivity contribution in [3.05, 3.63) is 0 Å². The summed E-state index contributed by atoms with van der Waals surface area (Å²) in [6.07, 6.45) is 14.6. The molecule has 0 aromatic carbocycles. The van der Waals surface area contributed by atoms with E-state index in [9.17, 15) is 5.11 Å². The molecule has 0 spiro atoms. The molecule has 21 heavy (non-hydrogen) atoms. The first-order valence-electron chi connectivity index (χ1n) is 9.41. The highest BCUT2D eigenvalue weighted by atomic mass is 16.3. The van der Waals surface area contributed by atoms with Crippen LogP contribution in [0, 0.1) is 11.3 Å². The molecule has 3 rings (SSSR count). The van der Waals surface area contributed by atoms with E-state index < -0.39 is 0 Å². The fraction of sp³-hybridized carbons (Fsp3) is 1.00. The zero-order chi connectivity index (χ0) is 14.5. The molecule has 0 aromatic rings. The Morgan fingerprint density at radius 1 is 0.952 bits per heavy atom. The third-order valence-corrected chi connectivity index (χ3v) is 6.42. The van der Waals surface area contributed by atoms with Gasteiger partial charge in [-0.1, -0.05) is 32.1 Å². The largest absolute Gasteiger partial charge is 0.396 e. The second-order valence-electron chi connectivity index (χ2n) is 7.86. The molecule has 0 aromatic heterocycles. The number of aliphatic hydroxyl groups excluding tert-OH is 1. The molecule has 3 heteroatoms. The highest BCUT2D eigenvalue weighted by Gasteiger charge is 2.37. The second kappa shape index (κ2) is 7.43. The third kappa shape index (κ3) is 3.80. The lowest BCUT2D eigenvalue weighted by Crippen LogP contribution is -2.50. The van der Waals surface area contributed by atoms with Crippen molar-refractivity contribution < 1.29 is 5.11 Å². The number of hydrogen-bond donors (Lipinski definition) is 3. The zero-order valence-corrected chi connectivity index (χ0v) is 13.6. The fourth-order valence-electron chi connectivity index (χ4n) is 5.01. The summed E-state index contributed by atoms with van der Waals surface area (Å²) in [6, 6.07) is 1.43. The van der Waals surface area contributed by atoms with Gasteiger partial charge in [0.15, 0.2) is 0 Å². The summed E-state index contributed by atoms with van der Waals surface area (Å²) in [7, 11) is 0. The maximum Gasteiger partial charge on any atom is 0.0499 e. The zero-order valence-electron chi connectivity index (χ0n) is 13.6. The third-order valence-electron chi connectivity index (χ3n) is 6.42. The van der Waals surface area contributed by atoms with Crippen molar-refractivity contribution >= 4 is 0 Å². The number of rotatable bonds is 5. The Kier molecular flexibility index (Phi) is 5.58. The molecule has 3 atom stereocenters. The van der Waals surface area contributed by atoms with Crippen LogP contribution in [-0.2, 0) is 0 Å². The summed E-state index contributed by atoms with van der Waals surface area (Å²) in [5.41, 5.74) is 0.186. The van der Waals surface area contributed by atoms with Gasteiger partial charge >= 0.3 is 0 Å². The van der Waals surface area contributed by atoms with Crippen LogP contribution in [0.15, 0.2) is 0 Å². The van der Waals surface area contributed by atoms with E-state index in [0.717, 1.165) is 18.5 Å². The van der Waals surface area contributed by atoms with Crippen LogP contribution in [0.5, 0.6) is 0 Å². The summed E-state index contributed by atoms with van der Waals surface area (Å²) in [6.45, 7) is 2.63. The summed E-state index contributed by atoms with van der Waals surface area (Å²) in [5.74, 6) is 0.824. The number of hydrogen-bond acceptors (Lipinski definition) is 3. The minimum atomic E-state index is 0.186. The van der Waals surface area contributed by atoms with E-state index in [1.54, 1.807) is 0 Å². The van der Waals surface area contributed by atoms with Crippen LogP contribution in [0.1, 0.15) is 70.6 Å². The summed E-state index contributed by atoms with van der Waals surface area (Å²) >= 11 is 0. The molecule has 3 nitrogen and oxygen atoms in total. The number of piperidine rings is 1. The van der Waals surface area contributed by atoms with E-state index in [4.69, 9.17) is 0 Å². The average molecular weight is 294 g/mol. The molecule has 3 N–H and O–H groups in total. The highest BCUT2D eigenvalue weighted by Crippen LogP contribution is 2.37. The molecule has 0 amide bonds. The van der Waals surface area contributed by atoms with E-state index in [0.29, 0.717) is 12.6 Å². The molecule has 1 heterocycles. The Morgan fingerprint density at radius 2 is 1.81 bits per heavy atom. The molecular formula is C18H34N2O. The van der Waals surface area contributed by atoms with Gasteiger partial charge in [0, 0.05) is 30.7 Å². The van der Waals surface area contributed by atoms with Crippen LogP contribution in [0.2, 0.25) is 0 Å². The van der Waals surface area contributed by atoms with Crippen LogP contribution in [0.25, 0.3) is 0 Å². The first-order valence-corrected chi connectivity index (χ1v) is 9.41. The SMILES string of the molecule is OCC1(CNC2CCCC2C2CCCCN2)CCCCC1. The quantitative estimate of drug-likeness (QED) is 0.730. The van der Waals surface area contributed by atoms with Crippen molar-refractivity contribution in [1.82, 2.24) is 10.6 Å². The molecule has 3 fully saturated rings. The van der Waals surface area contributed by atoms with Crippen LogP contribution in [-0.4, -0.2) is 36.9 Å². The van der Waals surface area contributed by atoms with Crippen LogP contribution >= 0.6 is 0 Å². The monoisotopic (exact) mass is 294 g/mol. The van der Waals surface area contributed by atoms with Gasteiger partial charge in [-0.05, 0) is 51.0 Å². The number of aliphatic hydroxyl groups is 1. The van der Waals surface area contributed by atoms with Gasteiger partial charge in [0.25, 0.3) is 0 Å². The van der Waals surface area contributed by atoms with Gasteiger partial charge in [-0.3, -0.25) is 0 Å². The van der Waals surface area contributed by atoms with Gasteiger partial charge in [0.05, 0.1) is 0 Å². The Bertz CT molecular complexity index is 308. The lowest BCUT2D eigenvalue weighted by atomic mass is 9.74. The maximum atomic E-state index is 9.88. The Hall–Kier alpha value is -0.120. The van der Waals surface area contributed by atoms with Gasteiger partial charge in [-0.25, -0.2) is 0 Å². The summed E-state index contributed by atoms with van der Waals surface area (Å²) < 4.78 is 0. The highest BCUT2D eigenvalue weighted by molar-refractivity contribution is 4.94. The molecule has 2 aliphatic carbocycles. The second-order valence-corrected chi connectivity index (χ2v) is 7.86. The van der Waals surface area contributed by atoms with Crippen LogP contribution in [0.4, 0.5) is 0 Å². The first-order chi connectivity index (χ1) is 10.3. The molecule has 0 radical (unpaired) electrons. The molecule has 1 saturated heterocycles. The van der Waals surface area contributed by atoms with E-state index >= 15 is 0 Å². The van der Waals surface area contributed by atoms with Crippen LogP contribution < -0.4 is 10.6 Å². The van der Waals surface area contributed by atoms with Crippen molar-refractivity contribution in [2.24, 2.45) is 11.3 Å². The predicted octanol–water partition coefficient (Wildman–Crippen LogP) is 2.83. The molecule has 3 aliphatic rings. The molecule has 122 valence electrons. The maximum absolute atomic E-state index is 9.88. The molecule has 1 aliphatic heterocycles. The van der Waals surface area contributed by atoms with Gasteiger partial charge in [-0.15, -0.1) is 0 Å². The minimum absolute atomic E-state index is 0.186. The van der Waals surface area contributed by atoms with Gasteiger partial charge < -0.3 is 15.7 Å². The van der Waals surface area contributed by atoms with E-state index in [1.165, 1.54) is 77.2 Å². The van der Waals surface area contributed by atoms with Crippen molar-refractivity contribution in [3.63, 3.8) is 0 Å². The standard InChI is InChI=1S/C18H34N2O/c21-14-18(10-3-1-4-11-18)13-20-17-9-6-7-15(17)16-8-2-5-12-19-16/h15-17,19-21H,1-14H2. The minimum Gasteiger partial charge on any atom is -0.396 e. The molecule has 2 saturated carbocycles. The molecule has 3 unspecified atom stereocenters. The normalized spacial score (nSPS) is 36.7. The Balaban J connectivity index is 1.53. The lowest BCUT2D eigenvalue weighted by molar-refractivity contribution is 0.0752. The number of nitrogens with one attached hydrogen (secondary N) is 2. The van der Waals surface area contributed by atoms with Crippen molar-refractivity contribution in [2.45, 2.75) is 82.7 Å². The van der Waals surface area contributed by atoms with E-state index in [1.807, 2.05) is 0 Å². The Labute approximate surface area is 130 Å². The van der Waals surface area contributed by atoms with E-state index in [2.05, 4.69) is 10.6 Å². The van der Waals surface area contributed by atoms with Crippen molar-refractivity contribution in [2.75, 3.05) is 19.7 Å². The average Bonchev–Trinajstić information content (AvgIpc) is 3.03. The lowest BCUT2D eigenvalue weighted by Gasteiger charge is -2.39. The molecule has 0 bridgehead atoms. The predicted molar refractivity (Wildman–Crippen MR) is 87.4 cm³/mol. The fourth-order valence-corrected chi connectivity index (χ4v) is 5.01. The van der Waals surface area contributed by atoms with Crippen molar-refractivity contribution in [1.29, 1.82) is 0 Å². The van der Waals surface area contributed by atoms with E-state index in [-0.39, 0.29) is 5.41 Å². The molecular weight excluding hydrogens is 260 g/mol. The van der Waals surface area contributed by atoms with Gasteiger partial charge in [0.2, 0.25) is 0 Å². The Morgan fingerprint density at radius 3 is 2.52 bits per heavy atom. The summed E-state index contributed by atoms with van der Waals surface area (Å²) in [5, 5.41) is 17.5. The van der Waals surface area contributed by atoms with Gasteiger partial charge in [0.1, 0.15) is 0 Å². The van der Waals surface area contributed by atoms with Crippen LogP contribution in [0.3, 0.4) is 0 Å². The summed E-state index contributed by atoms with van der Waals surface area (Å²) in [4.78, 5) is 0. The smallest absolute Gasteiger partial charge is 0.0499 e. The topological polar surface area (TPSA) is 44.3 Å². The van der Waals surface area contributed by atoms with Gasteiger partial charge in [-0.2, -0.15) is 0 Å². The van der Waals surface area contributed by atoms with Crippen molar-refractivity contribution in [3.8, 4) is 0 Å². The first kappa shape index (κ1) is 15.8.